The van der Waals surface area contributed by atoms with Crippen LogP contribution < -0.4 is 11.1 Å². The highest BCUT2D eigenvalue weighted by Gasteiger charge is 2.18. The van der Waals surface area contributed by atoms with Crippen molar-refractivity contribution in [3.63, 3.8) is 0 Å². The molecule has 9 nitrogen and oxygen atoms in total. The average molecular weight is 634 g/mol. The summed E-state index contributed by atoms with van der Waals surface area (Å²) in [6.45, 7) is 0. The van der Waals surface area contributed by atoms with Crippen LogP contribution in [-0.2, 0) is 0 Å². The number of H-pyrrole nitrogens is 2. The van der Waals surface area contributed by atoms with Gasteiger partial charge in [-0.3, -0.25) is 9.59 Å². The first-order valence-electron chi connectivity index (χ1n) is 14.6. The molecular formula is C37H24ClN7O2. The van der Waals surface area contributed by atoms with Crippen LogP contribution in [0.15, 0.2) is 144 Å². The lowest BCUT2D eigenvalue weighted by molar-refractivity contribution is 1.07. The Hall–Kier alpha value is -6.50. The third kappa shape index (κ3) is 5.50. The molecule has 2 N–H and O–H groups in total. The van der Waals surface area contributed by atoms with Crippen LogP contribution in [0, 0.1) is 11.3 Å². The molecule has 0 aliphatic heterocycles. The van der Waals surface area contributed by atoms with Crippen LogP contribution in [0.2, 0.25) is 5.02 Å². The molecule has 0 fully saturated rings. The number of nitrogens with one attached hydrogen (secondary N) is 2. The molecule has 8 aromatic rings. The quantitative estimate of drug-likeness (QED) is 0.211. The topological polar surface area (TPSA) is 125 Å². The molecule has 8 rings (SSSR count). The van der Waals surface area contributed by atoms with Gasteiger partial charge in [0.25, 0.3) is 11.1 Å². The number of rotatable bonds is 4. The third-order valence-electron chi connectivity index (χ3n) is 7.71. The van der Waals surface area contributed by atoms with Gasteiger partial charge in [0.15, 0.2) is 11.3 Å². The standard InChI is InChI=1S/C19H12N4O.C18H12ClN3O/c20-10-13-5-4-6-14(9-13)16-11-23(15-7-2-1-3-8-15)18-17(16)19(24)22-12-21-18;19-15-9-5-4-8-13(15)14-10-22(12-6-2-1-3-7-12)17-16(14)18(23)21-11-20-17/h1-9,11-12H,(H,21,22,24);1-11H,(H,20,21,23). The fourth-order valence-corrected chi connectivity index (χ4v) is 5.81. The van der Waals surface area contributed by atoms with E-state index in [1.807, 2.05) is 119 Å². The molecule has 0 radical (unpaired) electrons. The van der Waals surface area contributed by atoms with Crippen LogP contribution in [0.25, 0.3) is 55.7 Å². The fourth-order valence-electron chi connectivity index (χ4n) is 5.57. The molecule has 0 atom stereocenters. The molecule has 4 heterocycles. The Kier molecular flexibility index (Phi) is 7.76. The van der Waals surface area contributed by atoms with E-state index in [0.717, 1.165) is 33.6 Å². The van der Waals surface area contributed by atoms with Crippen LogP contribution in [0.5, 0.6) is 0 Å². The molecule has 0 aliphatic carbocycles. The largest absolute Gasteiger partial charge is 0.312 e. The number of fused-ring (bicyclic) bond motifs is 2. The Morgan fingerprint density at radius 1 is 0.617 bits per heavy atom. The van der Waals surface area contributed by atoms with E-state index in [1.165, 1.54) is 12.7 Å². The molecule has 0 saturated heterocycles. The molecule has 0 saturated carbocycles. The van der Waals surface area contributed by atoms with E-state index in [4.69, 9.17) is 16.9 Å². The van der Waals surface area contributed by atoms with Gasteiger partial charge < -0.3 is 19.1 Å². The molecule has 0 bridgehead atoms. The maximum atomic E-state index is 12.4. The van der Waals surface area contributed by atoms with Crippen molar-refractivity contribution in [1.29, 1.82) is 5.26 Å². The van der Waals surface area contributed by atoms with Crippen molar-refractivity contribution in [1.82, 2.24) is 29.1 Å². The van der Waals surface area contributed by atoms with Gasteiger partial charge in [-0.15, -0.1) is 0 Å². The number of nitrogens with zero attached hydrogens (tertiary/aromatic N) is 5. The monoisotopic (exact) mass is 633 g/mol. The van der Waals surface area contributed by atoms with Crippen molar-refractivity contribution in [2.75, 3.05) is 0 Å². The number of hydrogen-bond donors (Lipinski definition) is 2. The van der Waals surface area contributed by atoms with Gasteiger partial charge in [0, 0.05) is 45.5 Å². The van der Waals surface area contributed by atoms with E-state index in [1.54, 1.807) is 12.1 Å². The lowest BCUT2D eigenvalue weighted by Crippen LogP contribution is -2.07. The highest BCUT2D eigenvalue weighted by molar-refractivity contribution is 6.33. The van der Waals surface area contributed by atoms with E-state index in [0.29, 0.717) is 32.7 Å². The van der Waals surface area contributed by atoms with Crippen molar-refractivity contribution in [3.8, 4) is 39.7 Å². The smallest absolute Gasteiger partial charge is 0.260 e. The Balaban J connectivity index is 0.000000150. The summed E-state index contributed by atoms with van der Waals surface area (Å²) >= 11 is 6.32. The van der Waals surface area contributed by atoms with Crippen LogP contribution in [0.1, 0.15) is 5.56 Å². The van der Waals surface area contributed by atoms with Gasteiger partial charge in [0.2, 0.25) is 0 Å². The van der Waals surface area contributed by atoms with Crippen molar-refractivity contribution in [2.24, 2.45) is 0 Å². The zero-order chi connectivity index (χ0) is 32.3. The summed E-state index contributed by atoms with van der Waals surface area (Å²) in [6.07, 6.45) is 6.61. The fraction of sp³-hybridized carbons (Fsp3) is 0. The Bertz CT molecular complexity index is 2540. The molecule has 4 aromatic carbocycles. The van der Waals surface area contributed by atoms with Crippen LogP contribution >= 0.6 is 11.6 Å². The highest BCUT2D eigenvalue weighted by atomic mass is 35.5. The minimum atomic E-state index is -0.202. The van der Waals surface area contributed by atoms with Crippen LogP contribution in [-0.4, -0.2) is 29.1 Å². The second kappa shape index (κ2) is 12.5. The maximum absolute atomic E-state index is 12.4. The molecule has 47 heavy (non-hydrogen) atoms. The highest BCUT2D eigenvalue weighted by Crippen LogP contribution is 2.34. The Morgan fingerprint density at radius 2 is 1.15 bits per heavy atom. The van der Waals surface area contributed by atoms with E-state index >= 15 is 0 Å². The van der Waals surface area contributed by atoms with E-state index in [2.05, 4.69) is 26.0 Å². The number of aromatic nitrogens is 6. The minimum absolute atomic E-state index is 0.181. The number of aromatic amines is 2. The Labute approximate surface area is 272 Å². The van der Waals surface area contributed by atoms with Gasteiger partial charge >= 0.3 is 0 Å². The summed E-state index contributed by atoms with van der Waals surface area (Å²) in [6, 6.07) is 36.3. The first kappa shape index (κ1) is 29.2. The average Bonchev–Trinajstić information content (AvgIpc) is 3.71. The lowest BCUT2D eigenvalue weighted by atomic mass is 10.0. The Morgan fingerprint density at radius 3 is 1.72 bits per heavy atom. The van der Waals surface area contributed by atoms with Crippen molar-refractivity contribution >= 4 is 33.7 Å². The van der Waals surface area contributed by atoms with Gasteiger partial charge in [0.05, 0.1) is 35.1 Å². The SMILES string of the molecule is N#Cc1cccc(-c2cn(-c3ccccc3)c3nc[nH]c(=O)c23)c1.O=c1[nH]cnc2c1c(-c1ccccc1Cl)cn2-c1ccccc1. The third-order valence-corrected chi connectivity index (χ3v) is 8.04. The van der Waals surface area contributed by atoms with Gasteiger partial charge in [-0.05, 0) is 48.0 Å². The number of halogens is 1. The van der Waals surface area contributed by atoms with Crippen LogP contribution in [0.3, 0.4) is 0 Å². The summed E-state index contributed by atoms with van der Waals surface area (Å²) in [4.78, 5) is 38.8. The van der Waals surface area contributed by atoms with Gasteiger partial charge in [-0.25, -0.2) is 9.97 Å². The first-order valence-corrected chi connectivity index (χ1v) is 14.9. The van der Waals surface area contributed by atoms with E-state index in [-0.39, 0.29) is 11.1 Å². The molecule has 0 spiro atoms. The maximum Gasteiger partial charge on any atom is 0.260 e. The molecule has 0 unspecified atom stereocenters. The van der Waals surface area contributed by atoms with Crippen molar-refractivity contribution in [3.05, 3.63) is 166 Å². The second-order valence-electron chi connectivity index (χ2n) is 10.5. The zero-order valence-corrected chi connectivity index (χ0v) is 25.4. The summed E-state index contributed by atoms with van der Waals surface area (Å²) < 4.78 is 3.79. The van der Waals surface area contributed by atoms with Crippen molar-refractivity contribution < 1.29 is 0 Å². The number of hydrogen-bond acceptors (Lipinski definition) is 5. The second-order valence-corrected chi connectivity index (χ2v) is 10.9. The lowest BCUT2D eigenvalue weighted by Gasteiger charge is -2.03. The molecule has 226 valence electrons. The van der Waals surface area contributed by atoms with E-state index < -0.39 is 0 Å². The van der Waals surface area contributed by atoms with Gasteiger partial charge in [-0.1, -0.05) is 78.3 Å². The summed E-state index contributed by atoms with van der Waals surface area (Å²) in [5.74, 6) is 0. The van der Waals surface area contributed by atoms with Crippen LogP contribution in [0.4, 0.5) is 0 Å². The van der Waals surface area contributed by atoms with Crippen molar-refractivity contribution in [2.45, 2.75) is 0 Å². The first-order chi connectivity index (χ1) is 23.0. The molecule has 10 heteroatoms. The number of benzene rings is 4. The molecular weight excluding hydrogens is 610 g/mol. The molecule has 0 aliphatic rings. The van der Waals surface area contributed by atoms with Gasteiger partial charge in [0.1, 0.15) is 0 Å². The predicted molar refractivity (Wildman–Crippen MR) is 184 cm³/mol. The molecule has 4 aromatic heterocycles. The predicted octanol–water partition coefficient (Wildman–Crippen LogP) is 7.29. The summed E-state index contributed by atoms with van der Waals surface area (Å²) in [7, 11) is 0. The normalized spacial score (nSPS) is 10.8. The summed E-state index contributed by atoms with van der Waals surface area (Å²) in [5, 5.41) is 10.8. The number of nitriles is 1. The van der Waals surface area contributed by atoms with E-state index in [9.17, 15) is 9.59 Å². The number of para-hydroxylation sites is 2. The zero-order valence-electron chi connectivity index (χ0n) is 24.6. The summed E-state index contributed by atoms with van der Waals surface area (Å²) in [5.41, 5.74) is 6.36. The molecule has 0 amide bonds. The van der Waals surface area contributed by atoms with Gasteiger partial charge in [-0.2, -0.15) is 5.26 Å². The minimum Gasteiger partial charge on any atom is -0.312 e.